The van der Waals surface area contributed by atoms with Gasteiger partial charge in [0.25, 0.3) is 0 Å². The van der Waals surface area contributed by atoms with Crippen LogP contribution in [0, 0.1) is 5.41 Å². The van der Waals surface area contributed by atoms with E-state index in [1.165, 1.54) is 7.11 Å². The van der Waals surface area contributed by atoms with Crippen LogP contribution in [-0.2, 0) is 16.0 Å². The zero-order chi connectivity index (χ0) is 13.9. The average Bonchev–Trinajstić information content (AvgIpc) is 2.32. The quantitative estimate of drug-likeness (QED) is 0.679. The van der Waals surface area contributed by atoms with Gasteiger partial charge in [0.1, 0.15) is 0 Å². The lowest BCUT2D eigenvalue weighted by Crippen LogP contribution is -2.26. The van der Waals surface area contributed by atoms with Crippen LogP contribution in [0.2, 0.25) is 10.0 Å². The molecule has 2 N–H and O–H groups in total. The molecule has 1 aromatic rings. The highest BCUT2D eigenvalue weighted by molar-refractivity contribution is 6.42. The van der Waals surface area contributed by atoms with E-state index in [1.807, 2.05) is 13.8 Å². The number of hydrogen-bond acceptors (Lipinski definition) is 3. The molecule has 0 aliphatic carbocycles. The summed E-state index contributed by atoms with van der Waals surface area (Å²) in [6.45, 7) is 3.65. The van der Waals surface area contributed by atoms with Gasteiger partial charge in [0.15, 0.2) is 0 Å². The van der Waals surface area contributed by atoms with Crippen LogP contribution in [-0.4, -0.2) is 13.1 Å². The van der Waals surface area contributed by atoms with Gasteiger partial charge in [-0.15, -0.1) is 0 Å². The number of anilines is 1. The molecule has 5 heteroatoms. The molecule has 0 saturated carbocycles. The van der Waals surface area contributed by atoms with Crippen LogP contribution < -0.4 is 5.73 Å². The molecule has 0 aliphatic rings. The molecule has 0 saturated heterocycles. The third-order valence-electron chi connectivity index (χ3n) is 2.97. The van der Waals surface area contributed by atoms with Crippen molar-refractivity contribution in [1.82, 2.24) is 0 Å². The van der Waals surface area contributed by atoms with Crippen LogP contribution in [0.15, 0.2) is 12.1 Å². The fourth-order valence-corrected chi connectivity index (χ4v) is 2.12. The van der Waals surface area contributed by atoms with Crippen molar-refractivity contribution in [3.8, 4) is 0 Å². The van der Waals surface area contributed by atoms with Crippen molar-refractivity contribution in [2.24, 2.45) is 5.41 Å². The fourth-order valence-electron chi connectivity index (χ4n) is 1.68. The largest absolute Gasteiger partial charge is 0.469 e. The van der Waals surface area contributed by atoms with Gasteiger partial charge in [-0.1, -0.05) is 23.2 Å². The molecular weight excluding hydrogens is 273 g/mol. The van der Waals surface area contributed by atoms with Gasteiger partial charge in [0.05, 0.1) is 22.6 Å². The number of carbonyl (C=O) groups excluding carboxylic acids is 1. The first kappa shape index (κ1) is 15.1. The Morgan fingerprint density at radius 3 is 2.56 bits per heavy atom. The van der Waals surface area contributed by atoms with Crippen molar-refractivity contribution >= 4 is 34.9 Å². The molecule has 18 heavy (non-hydrogen) atoms. The third-order valence-corrected chi connectivity index (χ3v) is 3.81. The minimum atomic E-state index is -0.577. The summed E-state index contributed by atoms with van der Waals surface area (Å²) in [6, 6.07) is 3.38. The number of esters is 1. The van der Waals surface area contributed by atoms with Crippen molar-refractivity contribution in [3.05, 3.63) is 27.7 Å². The number of nitrogens with two attached hydrogens (primary N) is 1. The lowest BCUT2D eigenvalue weighted by atomic mass is 9.86. The van der Waals surface area contributed by atoms with E-state index in [-0.39, 0.29) is 5.97 Å². The highest BCUT2D eigenvalue weighted by atomic mass is 35.5. The number of rotatable bonds is 4. The Balaban J connectivity index is 2.87. The first-order chi connectivity index (χ1) is 8.29. The van der Waals surface area contributed by atoms with E-state index in [0.29, 0.717) is 28.6 Å². The summed E-state index contributed by atoms with van der Waals surface area (Å²) in [5.74, 6) is -0.251. The predicted octanol–water partition coefficient (Wildman–Crippen LogP) is 3.71. The van der Waals surface area contributed by atoms with Crippen LogP contribution in [0.5, 0.6) is 0 Å². The maximum Gasteiger partial charge on any atom is 0.311 e. The summed E-state index contributed by atoms with van der Waals surface area (Å²) in [5, 5.41) is 0.925. The molecule has 0 unspecified atom stereocenters. The van der Waals surface area contributed by atoms with Crippen LogP contribution >= 0.6 is 23.2 Å². The molecule has 0 bridgehead atoms. The molecule has 0 aliphatic heterocycles. The van der Waals surface area contributed by atoms with Gasteiger partial charge in [0, 0.05) is 5.69 Å². The van der Waals surface area contributed by atoms with Gasteiger partial charge in [-0.05, 0) is 44.4 Å². The second-order valence-corrected chi connectivity index (χ2v) is 5.59. The Bertz CT molecular complexity index is 459. The normalized spacial score (nSPS) is 11.4. The second-order valence-electron chi connectivity index (χ2n) is 4.80. The van der Waals surface area contributed by atoms with Crippen molar-refractivity contribution in [1.29, 1.82) is 0 Å². The van der Waals surface area contributed by atoms with Crippen LogP contribution in [0.25, 0.3) is 0 Å². The number of nitrogen functional groups attached to an aromatic ring is 1. The number of carbonyl (C=O) groups is 1. The maximum atomic E-state index is 11.6. The number of benzene rings is 1. The standard InChI is InChI=1S/C13H17Cl2NO2/c1-13(2,12(17)18-3)7-6-8-10(16)5-4-9(14)11(8)15/h4-5H,6-7,16H2,1-3H3. The van der Waals surface area contributed by atoms with Crippen molar-refractivity contribution in [3.63, 3.8) is 0 Å². The first-order valence-corrected chi connectivity index (χ1v) is 6.36. The Kier molecular flexibility index (Phi) is 4.88. The summed E-state index contributed by atoms with van der Waals surface area (Å²) >= 11 is 12.1. The first-order valence-electron chi connectivity index (χ1n) is 5.60. The molecule has 1 rings (SSSR count). The summed E-state index contributed by atoms with van der Waals surface area (Å²) in [7, 11) is 1.38. The lowest BCUT2D eigenvalue weighted by Gasteiger charge is -2.22. The Morgan fingerprint density at radius 1 is 1.39 bits per heavy atom. The molecule has 100 valence electrons. The molecular formula is C13H17Cl2NO2. The van der Waals surface area contributed by atoms with Gasteiger partial charge < -0.3 is 10.5 Å². The summed E-state index contributed by atoms with van der Waals surface area (Å²) in [4.78, 5) is 11.6. The minimum Gasteiger partial charge on any atom is -0.469 e. The smallest absolute Gasteiger partial charge is 0.311 e. The van der Waals surface area contributed by atoms with Crippen LogP contribution in [0.4, 0.5) is 5.69 Å². The van der Waals surface area contributed by atoms with E-state index in [2.05, 4.69) is 0 Å². The summed E-state index contributed by atoms with van der Waals surface area (Å²) in [6.07, 6.45) is 1.16. The third kappa shape index (κ3) is 3.30. The van der Waals surface area contributed by atoms with E-state index in [9.17, 15) is 4.79 Å². The molecule has 0 atom stereocenters. The van der Waals surface area contributed by atoms with Gasteiger partial charge >= 0.3 is 5.97 Å². The molecule has 3 nitrogen and oxygen atoms in total. The SMILES string of the molecule is COC(=O)C(C)(C)CCc1c(N)ccc(Cl)c1Cl. The van der Waals surface area contributed by atoms with Crippen LogP contribution in [0.3, 0.4) is 0 Å². The maximum absolute atomic E-state index is 11.6. The fraction of sp³-hybridized carbons (Fsp3) is 0.462. The number of hydrogen-bond donors (Lipinski definition) is 1. The highest BCUT2D eigenvalue weighted by Gasteiger charge is 2.28. The molecule has 0 aromatic heterocycles. The van der Waals surface area contributed by atoms with Crippen molar-refractivity contribution in [2.75, 3.05) is 12.8 Å². The van der Waals surface area contributed by atoms with E-state index in [4.69, 9.17) is 33.7 Å². The number of ether oxygens (including phenoxy) is 1. The van der Waals surface area contributed by atoms with Gasteiger partial charge in [-0.2, -0.15) is 0 Å². The Hall–Kier alpha value is -0.930. The van der Waals surface area contributed by atoms with Crippen LogP contribution in [0.1, 0.15) is 25.8 Å². The predicted molar refractivity (Wildman–Crippen MR) is 75.0 cm³/mol. The topological polar surface area (TPSA) is 52.3 Å². The minimum absolute atomic E-state index is 0.251. The van der Waals surface area contributed by atoms with Crippen molar-refractivity contribution in [2.45, 2.75) is 26.7 Å². The summed E-state index contributed by atoms with van der Waals surface area (Å²) in [5.41, 5.74) is 6.66. The van der Waals surface area contributed by atoms with Gasteiger partial charge in [0.2, 0.25) is 0 Å². The molecule has 0 amide bonds. The number of methoxy groups -OCH3 is 1. The van der Waals surface area contributed by atoms with E-state index in [0.717, 1.165) is 5.56 Å². The van der Waals surface area contributed by atoms with Gasteiger partial charge in [-0.3, -0.25) is 4.79 Å². The van der Waals surface area contributed by atoms with E-state index >= 15 is 0 Å². The number of halogens is 2. The van der Waals surface area contributed by atoms with Gasteiger partial charge in [-0.25, -0.2) is 0 Å². The monoisotopic (exact) mass is 289 g/mol. The zero-order valence-electron chi connectivity index (χ0n) is 10.7. The Morgan fingerprint density at radius 2 is 2.00 bits per heavy atom. The average molecular weight is 290 g/mol. The molecule has 0 spiro atoms. The Labute approximate surface area is 117 Å². The van der Waals surface area contributed by atoms with E-state index in [1.54, 1.807) is 12.1 Å². The zero-order valence-corrected chi connectivity index (χ0v) is 12.2. The highest BCUT2D eigenvalue weighted by Crippen LogP contribution is 2.33. The summed E-state index contributed by atoms with van der Waals surface area (Å²) < 4.78 is 4.76. The second kappa shape index (κ2) is 5.81. The molecule has 0 heterocycles. The van der Waals surface area contributed by atoms with E-state index < -0.39 is 5.41 Å². The molecule has 1 aromatic carbocycles. The lowest BCUT2D eigenvalue weighted by molar-refractivity contribution is -0.151. The molecule has 0 fully saturated rings. The molecule has 0 radical (unpaired) electrons. The van der Waals surface area contributed by atoms with Crippen molar-refractivity contribution < 1.29 is 9.53 Å².